The Hall–Kier alpha value is -3.86. The van der Waals surface area contributed by atoms with E-state index in [-0.39, 0.29) is 17.1 Å². The van der Waals surface area contributed by atoms with Crippen LogP contribution in [-0.2, 0) is 0 Å². The van der Waals surface area contributed by atoms with Crippen LogP contribution in [0.15, 0.2) is 75.9 Å². The zero-order valence-corrected chi connectivity index (χ0v) is 19.1. The highest BCUT2D eigenvalue weighted by Crippen LogP contribution is 2.42. The molecule has 1 unspecified atom stereocenters. The Morgan fingerprint density at radius 3 is 2.42 bits per heavy atom. The van der Waals surface area contributed by atoms with Crippen LogP contribution in [0.1, 0.15) is 58.6 Å². The third-order valence-corrected chi connectivity index (χ3v) is 6.28. The van der Waals surface area contributed by atoms with Gasteiger partial charge < -0.3 is 9.15 Å². The first kappa shape index (κ1) is 21.0. The first-order valence-electron chi connectivity index (χ1n) is 11.0. The largest absolute Gasteiger partial charge is 0.497 e. The molecule has 0 bridgehead atoms. The van der Waals surface area contributed by atoms with E-state index in [9.17, 15) is 9.59 Å². The van der Waals surface area contributed by atoms with Gasteiger partial charge in [-0.05, 0) is 48.2 Å². The number of aryl methyl sites for hydroxylation is 1. The number of anilines is 1. The summed E-state index contributed by atoms with van der Waals surface area (Å²) in [5.74, 6) is 0.765. The number of methoxy groups -OCH3 is 1. The fraction of sp³-hybridized carbons (Fsp3) is 0.214. The molecule has 5 nitrogen and oxygen atoms in total. The van der Waals surface area contributed by atoms with E-state index in [1.54, 1.807) is 24.1 Å². The van der Waals surface area contributed by atoms with Gasteiger partial charge in [-0.15, -0.1) is 0 Å². The van der Waals surface area contributed by atoms with Crippen LogP contribution in [0.2, 0.25) is 0 Å². The van der Waals surface area contributed by atoms with Crippen molar-refractivity contribution in [1.29, 1.82) is 0 Å². The zero-order valence-electron chi connectivity index (χ0n) is 19.1. The van der Waals surface area contributed by atoms with Crippen LogP contribution in [0.25, 0.3) is 11.0 Å². The first-order valence-corrected chi connectivity index (χ1v) is 11.0. The molecule has 0 N–H and O–H groups in total. The Morgan fingerprint density at radius 1 is 0.970 bits per heavy atom. The van der Waals surface area contributed by atoms with E-state index in [0.29, 0.717) is 33.9 Å². The molecule has 3 aromatic carbocycles. The van der Waals surface area contributed by atoms with E-state index in [1.165, 1.54) is 5.56 Å². The second-order valence-electron chi connectivity index (χ2n) is 8.77. The Kier molecular flexibility index (Phi) is 5.05. The van der Waals surface area contributed by atoms with Crippen molar-refractivity contribution in [2.45, 2.75) is 32.7 Å². The normalized spacial score (nSPS) is 15.4. The molecule has 33 heavy (non-hydrogen) atoms. The van der Waals surface area contributed by atoms with Gasteiger partial charge in [0.15, 0.2) is 5.43 Å². The number of benzene rings is 3. The molecule has 0 radical (unpaired) electrons. The first-order chi connectivity index (χ1) is 15.9. The standard InChI is InChI=1S/C28H25NO4/c1-16(2)18-9-11-19(12-10-18)25-24-26(30)22-14-17(3)8-13-23(22)33-27(24)28(31)29(25)20-6-5-7-21(15-20)32-4/h5-16,25H,1-4H3. The summed E-state index contributed by atoms with van der Waals surface area (Å²) in [5, 5.41) is 0.484. The Labute approximate surface area is 192 Å². The molecule has 1 atom stereocenters. The van der Waals surface area contributed by atoms with Gasteiger partial charge >= 0.3 is 0 Å². The fourth-order valence-corrected chi connectivity index (χ4v) is 4.49. The number of carbonyl (C=O) groups is 1. The Balaban J connectivity index is 1.78. The fourth-order valence-electron chi connectivity index (χ4n) is 4.49. The quantitative estimate of drug-likeness (QED) is 0.392. The molecule has 1 aliphatic rings. The predicted molar refractivity (Wildman–Crippen MR) is 129 cm³/mol. The summed E-state index contributed by atoms with van der Waals surface area (Å²) in [6.45, 7) is 6.20. The number of fused-ring (bicyclic) bond motifs is 2. The number of carbonyl (C=O) groups excluding carboxylic acids is 1. The molecule has 0 aliphatic carbocycles. The number of amides is 1. The summed E-state index contributed by atoms with van der Waals surface area (Å²) < 4.78 is 11.4. The van der Waals surface area contributed by atoms with Crippen LogP contribution in [0.3, 0.4) is 0 Å². The number of nitrogens with zero attached hydrogens (tertiary/aromatic N) is 1. The second kappa shape index (κ2) is 7.93. The molecule has 5 rings (SSSR count). The van der Waals surface area contributed by atoms with E-state index in [4.69, 9.17) is 9.15 Å². The number of rotatable bonds is 4. The maximum absolute atomic E-state index is 13.7. The van der Waals surface area contributed by atoms with E-state index in [1.807, 2.05) is 49.4 Å². The third-order valence-electron chi connectivity index (χ3n) is 6.28. The van der Waals surface area contributed by atoms with Crippen molar-refractivity contribution in [3.63, 3.8) is 0 Å². The van der Waals surface area contributed by atoms with Gasteiger partial charge in [0.25, 0.3) is 5.91 Å². The van der Waals surface area contributed by atoms with Crippen LogP contribution >= 0.6 is 0 Å². The highest BCUT2D eigenvalue weighted by Gasteiger charge is 2.43. The predicted octanol–water partition coefficient (Wildman–Crippen LogP) is 5.98. The minimum absolute atomic E-state index is 0.0945. The van der Waals surface area contributed by atoms with Gasteiger partial charge in [0.05, 0.1) is 24.1 Å². The minimum atomic E-state index is -0.595. The van der Waals surface area contributed by atoms with Crippen molar-refractivity contribution >= 4 is 22.6 Å². The molecule has 166 valence electrons. The monoisotopic (exact) mass is 439 g/mol. The van der Waals surface area contributed by atoms with Crippen molar-refractivity contribution in [3.8, 4) is 5.75 Å². The summed E-state index contributed by atoms with van der Waals surface area (Å²) >= 11 is 0. The molecule has 1 amide bonds. The van der Waals surface area contributed by atoms with Gasteiger partial charge in [-0.1, -0.05) is 55.8 Å². The van der Waals surface area contributed by atoms with Gasteiger partial charge in [-0.25, -0.2) is 0 Å². The third kappa shape index (κ3) is 3.41. The smallest absolute Gasteiger partial charge is 0.295 e. The lowest BCUT2D eigenvalue weighted by molar-refractivity contribution is 0.0971. The van der Waals surface area contributed by atoms with Gasteiger partial charge in [0, 0.05) is 11.8 Å². The molecule has 0 spiro atoms. The molecule has 2 heterocycles. The zero-order chi connectivity index (χ0) is 23.3. The van der Waals surface area contributed by atoms with E-state index < -0.39 is 6.04 Å². The van der Waals surface area contributed by atoms with E-state index in [0.717, 1.165) is 11.1 Å². The van der Waals surface area contributed by atoms with E-state index >= 15 is 0 Å². The van der Waals surface area contributed by atoms with E-state index in [2.05, 4.69) is 26.0 Å². The molecular weight excluding hydrogens is 414 g/mol. The highest BCUT2D eigenvalue weighted by atomic mass is 16.5. The number of ether oxygens (including phenoxy) is 1. The molecule has 5 heteroatoms. The molecule has 0 saturated carbocycles. The van der Waals surface area contributed by atoms with Crippen molar-refractivity contribution in [2.75, 3.05) is 12.0 Å². The summed E-state index contributed by atoms with van der Waals surface area (Å²) in [6.07, 6.45) is 0. The van der Waals surface area contributed by atoms with Gasteiger partial charge in [-0.2, -0.15) is 0 Å². The average molecular weight is 440 g/mol. The summed E-state index contributed by atoms with van der Waals surface area (Å²) in [7, 11) is 1.59. The molecule has 1 aliphatic heterocycles. The lowest BCUT2D eigenvalue weighted by Crippen LogP contribution is -2.29. The number of hydrogen-bond donors (Lipinski definition) is 0. The van der Waals surface area contributed by atoms with Crippen LogP contribution < -0.4 is 15.1 Å². The summed E-state index contributed by atoms with van der Waals surface area (Å²) in [6, 6.07) is 20.2. The van der Waals surface area contributed by atoms with Gasteiger partial charge in [0.1, 0.15) is 11.3 Å². The van der Waals surface area contributed by atoms with Crippen molar-refractivity contribution in [3.05, 3.63) is 105 Å². The maximum Gasteiger partial charge on any atom is 0.295 e. The SMILES string of the molecule is COc1cccc(N2C(=O)c3oc4ccc(C)cc4c(=O)c3C2c2ccc(C(C)C)cc2)c1. The van der Waals surface area contributed by atoms with Crippen molar-refractivity contribution in [1.82, 2.24) is 0 Å². The van der Waals surface area contributed by atoms with Crippen LogP contribution in [0.5, 0.6) is 5.75 Å². The number of hydrogen-bond acceptors (Lipinski definition) is 4. The molecule has 1 aromatic heterocycles. The van der Waals surface area contributed by atoms with Crippen molar-refractivity contribution in [2.24, 2.45) is 0 Å². The maximum atomic E-state index is 13.7. The second-order valence-corrected chi connectivity index (χ2v) is 8.77. The van der Waals surface area contributed by atoms with Crippen LogP contribution in [0, 0.1) is 6.92 Å². The molecule has 0 fully saturated rings. The lowest BCUT2D eigenvalue weighted by atomic mass is 9.95. The van der Waals surface area contributed by atoms with Gasteiger partial charge in [-0.3, -0.25) is 14.5 Å². The topological polar surface area (TPSA) is 59.8 Å². The van der Waals surface area contributed by atoms with Crippen molar-refractivity contribution < 1.29 is 13.9 Å². The Bertz CT molecular complexity index is 1430. The minimum Gasteiger partial charge on any atom is -0.497 e. The van der Waals surface area contributed by atoms with Crippen LogP contribution in [-0.4, -0.2) is 13.0 Å². The summed E-state index contributed by atoms with van der Waals surface area (Å²) in [4.78, 5) is 29.0. The van der Waals surface area contributed by atoms with Crippen LogP contribution in [0.4, 0.5) is 5.69 Å². The molecule has 4 aromatic rings. The molecular formula is C28H25NO4. The average Bonchev–Trinajstić information content (AvgIpc) is 3.12. The Morgan fingerprint density at radius 2 is 1.73 bits per heavy atom. The molecule has 0 saturated heterocycles. The highest BCUT2D eigenvalue weighted by molar-refractivity contribution is 6.10. The summed E-state index contributed by atoms with van der Waals surface area (Å²) in [5.41, 5.74) is 4.26. The van der Waals surface area contributed by atoms with Gasteiger partial charge in [0.2, 0.25) is 5.76 Å². The lowest BCUT2D eigenvalue weighted by Gasteiger charge is -2.26.